The monoisotopic (exact) mass is 317 g/mol. The van der Waals surface area contributed by atoms with Gasteiger partial charge in [-0.05, 0) is 46.5 Å². The Morgan fingerprint density at radius 3 is 2.83 bits per heavy atom. The molecule has 3 nitrogen and oxygen atoms in total. The molecule has 1 aliphatic rings. The first-order chi connectivity index (χ1) is 8.74. The molecule has 0 saturated heterocycles. The van der Waals surface area contributed by atoms with Crippen molar-refractivity contribution in [1.82, 2.24) is 5.32 Å². The summed E-state index contributed by atoms with van der Waals surface area (Å²) in [6.07, 6.45) is 2.52. The Bertz CT molecular complexity index is 410. The summed E-state index contributed by atoms with van der Waals surface area (Å²) in [6, 6.07) is 4.57. The van der Waals surface area contributed by atoms with Gasteiger partial charge in [-0.1, -0.05) is 0 Å². The van der Waals surface area contributed by atoms with E-state index in [2.05, 4.69) is 21.2 Å². The zero-order valence-electron chi connectivity index (χ0n) is 10.3. The van der Waals surface area contributed by atoms with E-state index in [0.717, 1.165) is 16.6 Å². The van der Waals surface area contributed by atoms with Crippen molar-refractivity contribution in [2.24, 2.45) is 0 Å². The highest BCUT2D eigenvalue weighted by Crippen LogP contribution is 2.36. The molecule has 1 aromatic carbocycles. The van der Waals surface area contributed by atoms with Crippen LogP contribution >= 0.6 is 15.9 Å². The third kappa shape index (κ3) is 3.59. The van der Waals surface area contributed by atoms with Crippen LogP contribution in [0.15, 0.2) is 16.6 Å². The minimum Gasteiger partial charge on any atom is -0.493 e. The highest BCUT2D eigenvalue weighted by atomic mass is 79.9. The second-order valence-corrected chi connectivity index (χ2v) is 5.16. The summed E-state index contributed by atoms with van der Waals surface area (Å²) in [6.45, 7) is 0.332. The molecule has 0 radical (unpaired) electrons. The standard InChI is InChI=1S/C13H17BrFNO2/c1-17-12-7-9(8-16-10-2-3-10)6-11(14)13(12)18-5-4-15/h6-7,10,16H,2-5,8H2,1H3. The Morgan fingerprint density at radius 1 is 1.44 bits per heavy atom. The minimum atomic E-state index is -0.513. The van der Waals surface area contributed by atoms with E-state index in [0.29, 0.717) is 17.5 Å². The average Bonchev–Trinajstić information content (AvgIpc) is 3.18. The number of nitrogens with one attached hydrogen (secondary N) is 1. The maximum atomic E-state index is 12.2. The van der Waals surface area contributed by atoms with Crippen molar-refractivity contribution in [1.29, 1.82) is 0 Å². The number of alkyl halides is 1. The van der Waals surface area contributed by atoms with Gasteiger partial charge in [0.1, 0.15) is 13.3 Å². The highest BCUT2D eigenvalue weighted by molar-refractivity contribution is 9.10. The second-order valence-electron chi connectivity index (χ2n) is 4.30. The first-order valence-electron chi connectivity index (χ1n) is 6.03. The fraction of sp³-hybridized carbons (Fsp3) is 0.538. The molecule has 0 unspecified atom stereocenters. The van der Waals surface area contributed by atoms with Gasteiger partial charge in [0, 0.05) is 12.6 Å². The van der Waals surface area contributed by atoms with E-state index in [1.54, 1.807) is 7.11 Å². The topological polar surface area (TPSA) is 30.5 Å². The summed E-state index contributed by atoms with van der Waals surface area (Å²) in [5.41, 5.74) is 1.12. The van der Waals surface area contributed by atoms with Gasteiger partial charge >= 0.3 is 0 Å². The number of ether oxygens (including phenoxy) is 2. The summed E-state index contributed by atoms with van der Waals surface area (Å²) in [7, 11) is 1.59. The van der Waals surface area contributed by atoms with Crippen LogP contribution in [0.5, 0.6) is 11.5 Å². The molecule has 0 aromatic heterocycles. The molecule has 1 saturated carbocycles. The Balaban J connectivity index is 2.09. The van der Waals surface area contributed by atoms with E-state index in [1.165, 1.54) is 12.8 Å². The highest BCUT2D eigenvalue weighted by Gasteiger charge is 2.20. The van der Waals surface area contributed by atoms with Crippen LogP contribution in [-0.2, 0) is 6.54 Å². The minimum absolute atomic E-state index is 0.0363. The predicted octanol–water partition coefficient (Wildman–Crippen LogP) is 3.06. The molecule has 0 atom stereocenters. The smallest absolute Gasteiger partial charge is 0.175 e. The van der Waals surface area contributed by atoms with Crippen molar-refractivity contribution in [2.45, 2.75) is 25.4 Å². The summed E-state index contributed by atoms with van der Waals surface area (Å²) in [4.78, 5) is 0. The Labute approximate surface area is 115 Å². The Hall–Kier alpha value is -0.810. The summed E-state index contributed by atoms with van der Waals surface area (Å²) in [5, 5.41) is 3.44. The number of rotatable bonds is 7. The lowest BCUT2D eigenvalue weighted by molar-refractivity contribution is 0.258. The molecule has 100 valence electrons. The SMILES string of the molecule is COc1cc(CNC2CC2)cc(Br)c1OCCF. The van der Waals surface area contributed by atoms with Gasteiger partial charge in [0.05, 0.1) is 11.6 Å². The zero-order chi connectivity index (χ0) is 13.0. The lowest BCUT2D eigenvalue weighted by Crippen LogP contribution is -2.15. The molecule has 1 aliphatic carbocycles. The molecule has 18 heavy (non-hydrogen) atoms. The van der Waals surface area contributed by atoms with Gasteiger partial charge in [-0.2, -0.15) is 0 Å². The van der Waals surface area contributed by atoms with E-state index >= 15 is 0 Å². The number of benzene rings is 1. The van der Waals surface area contributed by atoms with Crippen LogP contribution in [0, 0.1) is 0 Å². The van der Waals surface area contributed by atoms with Crippen molar-refractivity contribution < 1.29 is 13.9 Å². The summed E-state index contributed by atoms with van der Waals surface area (Å²) in [5.74, 6) is 1.19. The lowest BCUT2D eigenvalue weighted by Gasteiger charge is -2.14. The molecule has 0 heterocycles. The van der Waals surface area contributed by atoms with Crippen LogP contribution in [0.25, 0.3) is 0 Å². The van der Waals surface area contributed by atoms with Crippen LogP contribution in [0.1, 0.15) is 18.4 Å². The van der Waals surface area contributed by atoms with Gasteiger partial charge < -0.3 is 14.8 Å². The normalized spacial score (nSPS) is 14.6. The lowest BCUT2D eigenvalue weighted by atomic mass is 10.2. The molecule has 2 rings (SSSR count). The Kier molecular flexibility index (Phi) is 4.83. The average molecular weight is 318 g/mol. The van der Waals surface area contributed by atoms with Crippen molar-refractivity contribution in [3.63, 3.8) is 0 Å². The van der Waals surface area contributed by atoms with Crippen LogP contribution in [0.3, 0.4) is 0 Å². The van der Waals surface area contributed by atoms with Crippen molar-refractivity contribution >= 4 is 15.9 Å². The molecule has 0 spiro atoms. The fourth-order valence-corrected chi connectivity index (χ4v) is 2.31. The van der Waals surface area contributed by atoms with Crippen molar-refractivity contribution in [2.75, 3.05) is 20.4 Å². The van der Waals surface area contributed by atoms with E-state index < -0.39 is 6.67 Å². The van der Waals surface area contributed by atoms with Gasteiger partial charge in [-0.15, -0.1) is 0 Å². The summed E-state index contributed by atoms with van der Waals surface area (Å²) < 4.78 is 23.6. The molecular weight excluding hydrogens is 301 g/mol. The molecule has 1 fully saturated rings. The first-order valence-corrected chi connectivity index (χ1v) is 6.82. The third-order valence-electron chi connectivity index (χ3n) is 2.78. The molecule has 0 bridgehead atoms. The van der Waals surface area contributed by atoms with Crippen molar-refractivity contribution in [3.8, 4) is 11.5 Å². The van der Waals surface area contributed by atoms with E-state index in [9.17, 15) is 4.39 Å². The van der Waals surface area contributed by atoms with Gasteiger partial charge in [-0.25, -0.2) is 4.39 Å². The largest absolute Gasteiger partial charge is 0.493 e. The summed E-state index contributed by atoms with van der Waals surface area (Å²) >= 11 is 3.44. The quantitative estimate of drug-likeness (QED) is 0.838. The number of hydrogen-bond donors (Lipinski definition) is 1. The molecule has 1 aromatic rings. The molecule has 1 N–H and O–H groups in total. The third-order valence-corrected chi connectivity index (χ3v) is 3.37. The maximum Gasteiger partial charge on any atom is 0.175 e. The van der Waals surface area contributed by atoms with Gasteiger partial charge in [0.15, 0.2) is 11.5 Å². The predicted molar refractivity (Wildman–Crippen MR) is 72.0 cm³/mol. The van der Waals surface area contributed by atoms with Crippen molar-refractivity contribution in [3.05, 3.63) is 22.2 Å². The first kappa shape index (κ1) is 13.6. The van der Waals surface area contributed by atoms with Gasteiger partial charge in [0.25, 0.3) is 0 Å². The van der Waals surface area contributed by atoms with Crippen LogP contribution in [-0.4, -0.2) is 26.4 Å². The number of halogens is 2. The maximum absolute atomic E-state index is 12.2. The fourth-order valence-electron chi connectivity index (χ4n) is 1.71. The molecular formula is C13H17BrFNO2. The zero-order valence-corrected chi connectivity index (χ0v) is 11.9. The van der Waals surface area contributed by atoms with Gasteiger partial charge in [-0.3, -0.25) is 0 Å². The molecule has 5 heteroatoms. The second kappa shape index (κ2) is 6.38. The van der Waals surface area contributed by atoms with Crippen LogP contribution in [0.2, 0.25) is 0 Å². The number of methoxy groups -OCH3 is 1. The molecule has 0 aliphatic heterocycles. The Morgan fingerprint density at radius 2 is 2.22 bits per heavy atom. The van der Waals surface area contributed by atoms with E-state index in [-0.39, 0.29) is 6.61 Å². The van der Waals surface area contributed by atoms with Crippen LogP contribution in [0.4, 0.5) is 4.39 Å². The van der Waals surface area contributed by atoms with Crippen LogP contribution < -0.4 is 14.8 Å². The van der Waals surface area contributed by atoms with Gasteiger partial charge in [0.2, 0.25) is 0 Å². The van der Waals surface area contributed by atoms with E-state index in [1.807, 2.05) is 12.1 Å². The van der Waals surface area contributed by atoms with E-state index in [4.69, 9.17) is 9.47 Å². The molecule has 0 amide bonds. The number of hydrogen-bond acceptors (Lipinski definition) is 3.